The number of aromatic nitrogens is 2. The molecule has 218 valence electrons. The summed E-state index contributed by atoms with van der Waals surface area (Å²) >= 11 is 0. The Balaban J connectivity index is 1.43. The van der Waals surface area contributed by atoms with Gasteiger partial charge in [0.15, 0.2) is 0 Å². The summed E-state index contributed by atoms with van der Waals surface area (Å²) in [7, 11) is 1.63. The number of morpholine rings is 1. The lowest BCUT2D eigenvalue weighted by atomic mass is 10.0. The highest BCUT2D eigenvalue weighted by atomic mass is 19.4. The van der Waals surface area contributed by atoms with Crippen LogP contribution in [0.1, 0.15) is 28.0 Å². The minimum Gasteiger partial charge on any atom is -0.470 e. The predicted molar refractivity (Wildman–Crippen MR) is 145 cm³/mol. The van der Waals surface area contributed by atoms with Gasteiger partial charge < -0.3 is 29.2 Å². The molecule has 0 spiro atoms. The molecule has 9 nitrogen and oxygen atoms in total. The van der Waals surface area contributed by atoms with Gasteiger partial charge in [-0.2, -0.15) is 13.2 Å². The van der Waals surface area contributed by atoms with Crippen LogP contribution in [0.5, 0.6) is 5.88 Å². The topological polar surface area (TPSA) is 95.0 Å². The number of alkyl halides is 3. The van der Waals surface area contributed by atoms with E-state index in [-0.39, 0.29) is 17.8 Å². The first-order valence-electron chi connectivity index (χ1n) is 13.3. The second kappa shape index (κ2) is 12.4. The molecular formula is C29H31F3N4O5. The Morgan fingerprint density at radius 1 is 1.05 bits per heavy atom. The van der Waals surface area contributed by atoms with E-state index in [9.17, 15) is 18.0 Å². The van der Waals surface area contributed by atoms with E-state index < -0.39 is 17.6 Å². The molecule has 4 heterocycles. The average molecular weight is 573 g/mol. The first-order chi connectivity index (χ1) is 19.7. The van der Waals surface area contributed by atoms with Crippen LogP contribution >= 0.6 is 0 Å². The van der Waals surface area contributed by atoms with Gasteiger partial charge >= 0.3 is 6.18 Å². The van der Waals surface area contributed by atoms with Crippen LogP contribution in [0, 0.1) is 6.92 Å². The Morgan fingerprint density at radius 2 is 1.85 bits per heavy atom. The molecular weight excluding hydrogens is 541 g/mol. The highest BCUT2D eigenvalue weighted by Crippen LogP contribution is 2.35. The molecule has 5 rings (SSSR count). The molecule has 0 unspecified atom stereocenters. The molecule has 1 N–H and O–H groups in total. The maximum atomic E-state index is 13.1. The fourth-order valence-corrected chi connectivity index (χ4v) is 4.83. The van der Waals surface area contributed by atoms with Crippen LogP contribution in [0.2, 0.25) is 0 Å². The summed E-state index contributed by atoms with van der Waals surface area (Å²) in [6.45, 7) is 5.30. The van der Waals surface area contributed by atoms with Gasteiger partial charge in [0.05, 0.1) is 43.9 Å². The Bertz CT molecular complexity index is 1380. The summed E-state index contributed by atoms with van der Waals surface area (Å²) in [6.07, 6.45) is -1.17. The number of nitrogens with zero attached hydrogens (tertiary/aromatic N) is 3. The van der Waals surface area contributed by atoms with Crippen molar-refractivity contribution in [3.8, 4) is 17.0 Å². The van der Waals surface area contributed by atoms with Crippen molar-refractivity contribution in [1.82, 2.24) is 9.97 Å². The van der Waals surface area contributed by atoms with E-state index in [1.807, 2.05) is 13.0 Å². The standard InChI is InChI=1S/C29H31F3N4O5/c1-18-23(14-22(16-33-18)35-27(37)19-4-3-5-21(12-19)29(30,31)32)20-13-24(36-7-10-39-11-8-36)28(34-15-20)41-25-6-9-40-17-26(25)38-2/h3-5,12-16,25-26H,6-11,17H2,1-2H3,(H,35,37)/t25-,26-/m0/s1. The van der Waals surface area contributed by atoms with E-state index in [4.69, 9.17) is 18.9 Å². The molecule has 2 atom stereocenters. The van der Waals surface area contributed by atoms with Crippen molar-refractivity contribution < 1.29 is 36.9 Å². The van der Waals surface area contributed by atoms with Gasteiger partial charge in [-0.05, 0) is 37.3 Å². The molecule has 2 saturated heterocycles. The third-order valence-electron chi connectivity index (χ3n) is 7.10. The molecule has 41 heavy (non-hydrogen) atoms. The van der Waals surface area contributed by atoms with Crippen molar-refractivity contribution >= 4 is 17.3 Å². The molecule has 3 aromatic rings. The molecule has 12 heteroatoms. The van der Waals surface area contributed by atoms with Crippen LogP contribution in [-0.2, 0) is 20.4 Å². The van der Waals surface area contributed by atoms with Gasteiger partial charge in [-0.3, -0.25) is 9.78 Å². The zero-order valence-corrected chi connectivity index (χ0v) is 22.7. The summed E-state index contributed by atoms with van der Waals surface area (Å²) in [6, 6.07) is 7.98. The van der Waals surface area contributed by atoms with Crippen molar-refractivity contribution in [2.75, 3.05) is 56.8 Å². The van der Waals surface area contributed by atoms with Crippen LogP contribution in [0.3, 0.4) is 0 Å². The fourth-order valence-electron chi connectivity index (χ4n) is 4.83. The third kappa shape index (κ3) is 6.77. The largest absolute Gasteiger partial charge is 0.470 e. The number of halogens is 3. The molecule has 2 aliphatic heterocycles. The Hall–Kier alpha value is -3.74. The van der Waals surface area contributed by atoms with Gasteiger partial charge in [-0.1, -0.05) is 6.07 Å². The molecule has 0 aliphatic carbocycles. The van der Waals surface area contributed by atoms with Crippen LogP contribution in [0.15, 0.2) is 48.8 Å². The van der Waals surface area contributed by atoms with Crippen LogP contribution in [0.25, 0.3) is 11.1 Å². The first kappa shape index (κ1) is 28.8. The van der Waals surface area contributed by atoms with E-state index in [1.54, 1.807) is 19.4 Å². The smallest absolute Gasteiger partial charge is 0.416 e. The summed E-state index contributed by atoms with van der Waals surface area (Å²) in [5, 5.41) is 2.66. The molecule has 0 bridgehead atoms. The van der Waals surface area contributed by atoms with Crippen molar-refractivity contribution in [2.24, 2.45) is 0 Å². The average Bonchev–Trinajstić information content (AvgIpc) is 2.98. The minimum atomic E-state index is -4.55. The summed E-state index contributed by atoms with van der Waals surface area (Å²) in [5.41, 5.74) is 2.28. The van der Waals surface area contributed by atoms with Gasteiger partial charge in [0.25, 0.3) is 5.91 Å². The van der Waals surface area contributed by atoms with Crippen molar-refractivity contribution in [3.05, 3.63) is 65.6 Å². The number of amides is 1. The number of rotatable bonds is 7. The van der Waals surface area contributed by atoms with Crippen LogP contribution < -0.4 is 15.0 Å². The molecule has 0 radical (unpaired) electrons. The number of nitrogens with one attached hydrogen (secondary N) is 1. The number of hydrogen-bond donors (Lipinski definition) is 1. The summed E-state index contributed by atoms with van der Waals surface area (Å²) in [5.74, 6) is -0.197. The van der Waals surface area contributed by atoms with E-state index >= 15 is 0 Å². The first-order valence-corrected chi connectivity index (χ1v) is 13.3. The fraction of sp³-hybridized carbons (Fsp3) is 0.414. The Kier molecular flexibility index (Phi) is 8.71. The number of ether oxygens (including phenoxy) is 4. The second-order valence-corrected chi connectivity index (χ2v) is 9.83. The highest BCUT2D eigenvalue weighted by Gasteiger charge is 2.31. The van der Waals surface area contributed by atoms with Gasteiger partial charge in [0.2, 0.25) is 5.88 Å². The molecule has 1 aromatic carbocycles. The molecule has 2 aromatic heterocycles. The summed E-state index contributed by atoms with van der Waals surface area (Å²) < 4.78 is 62.4. The molecule has 2 fully saturated rings. The minimum absolute atomic E-state index is 0.109. The predicted octanol–water partition coefficient (Wildman–Crippen LogP) is 4.74. The second-order valence-electron chi connectivity index (χ2n) is 9.83. The maximum absolute atomic E-state index is 13.1. The lowest BCUT2D eigenvalue weighted by Crippen LogP contribution is -2.42. The third-order valence-corrected chi connectivity index (χ3v) is 7.10. The van der Waals surface area contributed by atoms with Crippen molar-refractivity contribution in [2.45, 2.75) is 31.7 Å². The van der Waals surface area contributed by atoms with Crippen LogP contribution in [-0.4, -0.2) is 74.7 Å². The van der Waals surface area contributed by atoms with E-state index in [0.717, 1.165) is 23.4 Å². The zero-order chi connectivity index (χ0) is 29.0. The molecule has 0 saturated carbocycles. The monoisotopic (exact) mass is 572 g/mol. The van der Waals surface area contributed by atoms with Gasteiger partial charge in [0, 0.05) is 55.2 Å². The van der Waals surface area contributed by atoms with Crippen molar-refractivity contribution in [3.63, 3.8) is 0 Å². The number of benzene rings is 1. The quantitative estimate of drug-likeness (QED) is 0.434. The number of carbonyl (C=O) groups excluding carboxylic acids is 1. The maximum Gasteiger partial charge on any atom is 0.416 e. The molecule has 2 aliphatic rings. The van der Waals surface area contributed by atoms with Gasteiger partial charge in [0.1, 0.15) is 17.9 Å². The normalized spacial score (nSPS) is 19.6. The lowest BCUT2D eigenvalue weighted by molar-refractivity contribution is -0.137. The highest BCUT2D eigenvalue weighted by molar-refractivity contribution is 6.04. The van der Waals surface area contributed by atoms with Crippen LogP contribution in [0.4, 0.5) is 24.5 Å². The lowest BCUT2D eigenvalue weighted by Gasteiger charge is -2.34. The number of pyridine rings is 2. The Labute approximate surface area is 235 Å². The van der Waals surface area contributed by atoms with E-state index in [1.165, 1.54) is 18.3 Å². The number of hydrogen-bond acceptors (Lipinski definition) is 8. The number of anilines is 2. The number of methoxy groups -OCH3 is 1. The van der Waals surface area contributed by atoms with Gasteiger partial charge in [-0.25, -0.2) is 4.98 Å². The number of carbonyl (C=O) groups is 1. The van der Waals surface area contributed by atoms with Crippen molar-refractivity contribution in [1.29, 1.82) is 0 Å². The zero-order valence-electron chi connectivity index (χ0n) is 22.7. The Morgan fingerprint density at radius 3 is 2.61 bits per heavy atom. The van der Waals surface area contributed by atoms with Gasteiger partial charge in [-0.15, -0.1) is 0 Å². The van der Waals surface area contributed by atoms with E-state index in [2.05, 4.69) is 20.2 Å². The van der Waals surface area contributed by atoms with E-state index in [0.29, 0.717) is 68.8 Å². The molecule has 1 amide bonds. The SMILES string of the molecule is CO[C@H]1COCC[C@@H]1Oc1ncc(-c2cc(NC(=O)c3cccc(C(F)(F)F)c3)cnc2C)cc1N1CCOCC1. The summed E-state index contributed by atoms with van der Waals surface area (Å²) in [4.78, 5) is 24.1. The number of aryl methyl sites for hydroxylation is 1.